The highest BCUT2D eigenvalue weighted by atomic mass is 35.5. The van der Waals surface area contributed by atoms with Crippen molar-refractivity contribution in [2.45, 2.75) is 13.8 Å². The second-order valence-corrected chi connectivity index (χ2v) is 7.36. The summed E-state index contributed by atoms with van der Waals surface area (Å²) in [5, 5.41) is 4.22. The van der Waals surface area contributed by atoms with Crippen LogP contribution < -0.4 is 10.2 Å². The van der Waals surface area contributed by atoms with Gasteiger partial charge < -0.3 is 19.9 Å². The Morgan fingerprint density at radius 3 is 2.62 bits per heavy atom. The van der Waals surface area contributed by atoms with E-state index in [2.05, 4.69) is 35.0 Å². The summed E-state index contributed by atoms with van der Waals surface area (Å²) in [5.74, 6) is 1.02. The minimum absolute atomic E-state index is 0.212. The fourth-order valence-electron chi connectivity index (χ4n) is 3.08. The molecule has 1 aromatic rings. The van der Waals surface area contributed by atoms with Crippen LogP contribution in [0.3, 0.4) is 0 Å². The van der Waals surface area contributed by atoms with Gasteiger partial charge in [-0.3, -0.25) is 4.99 Å². The predicted octanol–water partition coefficient (Wildman–Crippen LogP) is 2.46. The lowest BCUT2D eigenvalue weighted by atomic mass is 9.89. The zero-order valence-electron chi connectivity index (χ0n) is 14.6. The molecule has 2 fully saturated rings. The normalized spacial score (nSPS) is 20.7. The van der Waals surface area contributed by atoms with Crippen molar-refractivity contribution in [2.75, 3.05) is 57.4 Å². The Bertz CT molecular complexity index is 580. The molecule has 132 valence electrons. The monoisotopic (exact) mass is 350 g/mol. The van der Waals surface area contributed by atoms with E-state index in [0.717, 1.165) is 63.5 Å². The van der Waals surface area contributed by atoms with Gasteiger partial charge in [0.2, 0.25) is 0 Å². The lowest BCUT2D eigenvalue weighted by Gasteiger charge is -2.39. The van der Waals surface area contributed by atoms with Crippen molar-refractivity contribution in [3.8, 4) is 0 Å². The van der Waals surface area contributed by atoms with E-state index in [9.17, 15) is 0 Å². The van der Waals surface area contributed by atoms with Gasteiger partial charge in [-0.25, -0.2) is 0 Å². The number of nitrogens with one attached hydrogen (secondary N) is 1. The smallest absolute Gasteiger partial charge is 0.194 e. The fourth-order valence-corrected chi connectivity index (χ4v) is 3.27. The van der Waals surface area contributed by atoms with Crippen LogP contribution in [-0.4, -0.2) is 63.3 Å². The Balaban J connectivity index is 1.59. The van der Waals surface area contributed by atoms with Crippen molar-refractivity contribution in [3.05, 3.63) is 29.3 Å². The molecular weight excluding hydrogens is 324 g/mol. The highest BCUT2D eigenvalue weighted by molar-refractivity contribution is 6.30. The van der Waals surface area contributed by atoms with Gasteiger partial charge in [0.15, 0.2) is 5.96 Å². The van der Waals surface area contributed by atoms with Gasteiger partial charge in [0, 0.05) is 48.8 Å². The number of nitrogens with zero attached hydrogens (tertiary/aromatic N) is 3. The van der Waals surface area contributed by atoms with E-state index in [4.69, 9.17) is 21.3 Å². The van der Waals surface area contributed by atoms with Crippen LogP contribution in [0.4, 0.5) is 5.69 Å². The van der Waals surface area contributed by atoms with Gasteiger partial charge in [0.05, 0.1) is 19.8 Å². The van der Waals surface area contributed by atoms with Crippen LogP contribution in [0, 0.1) is 5.41 Å². The molecule has 1 N–H and O–H groups in total. The SMILES string of the molecule is CCNC(=NCC1(C)COC1)N1CCN(c2cccc(Cl)c2)CC1. The summed E-state index contributed by atoms with van der Waals surface area (Å²) in [6, 6.07) is 8.09. The number of hydrogen-bond donors (Lipinski definition) is 1. The summed E-state index contributed by atoms with van der Waals surface area (Å²) in [6.07, 6.45) is 0. The van der Waals surface area contributed by atoms with Gasteiger partial charge in [-0.1, -0.05) is 24.6 Å². The average Bonchev–Trinajstić information content (AvgIpc) is 2.57. The van der Waals surface area contributed by atoms with Crippen molar-refractivity contribution in [3.63, 3.8) is 0 Å². The van der Waals surface area contributed by atoms with Gasteiger partial charge >= 0.3 is 0 Å². The third-order valence-electron chi connectivity index (χ3n) is 4.60. The van der Waals surface area contributed by atoms with Crippen molar-refractivity contribution >= 4 is 23.2 Å². The third kappa shape index (κ3) is 4.14. The molecule has 1 aromatic carbocycles. The van der Waals surface area contributed by atoms with Crippen molar-refractivity contribution < 1.29 is 4.74 Å². The molecule has 0 aromatic heterocycles. The minimum Gasteiger partial charge on any atom is -0.380 e. The Labute approximate surface area is 149 Å². The number of benzene rings is 1. The quantitative estimate of drug-likeness (QED) is 0.669. The Hall–Kier alpha value is -1.46. The van der Waals surface area contributed by atoms with Crippen LogP contribution in [0.5, 0.6) is 0 Å². The zero-order valence-corrected chi connectivity index (χ0v) is 15.4. The number of halogens is 1. The molecule has 6 heteroatoms. The molecule has 2 aliphatic heterocycles. The molecule has 24 heavy (non-hydrogen) atoms. The number of piperazine rings is 1. The van der Waals surface area contributed by atoms with Gasteiger partial charge in [-0.05, 0) is 25.1 Å². The number of ether oxygens (including phenoxy) is 1. The predicted molar refractivity (Wildman–Crippen MR) is 100 cm³/mol. The van der Waals surface area contributed by atoms with Gasteiger partial charge in [0.1, 0.15) is 0 Å². The van der Waals surface area contributed by atoms with E-state index in [0.29, 0.717) is 0 Å². The molecule has 0 unspecified atom stereocenters. The molecule has 5 nitrogen and oxygen atoms in total. The standard InChI is InChI=1S/C18H27ClN4O/c1-3-20-17(21-12-18(2)13-24-14-18)23-9-7-22(8-10-23)16-6-4-5-15(19)11-16/h4-6,11H,3,7-10,12-14H2,1-2H3,(H,20,21). The molecule has 2 saturated heterocycles. The summed E-state index contributed by atoms with van der Waals surface area (Å²) in [4.78, 5) is 9.59. The molecule has 0 spiro atoms. The maximum Gasteiger partial charge on any atom is 0.194 e. The minimum atomic E-state index is 0.212. The molecule has 0 aliphatic carbocycles. The fraction of sp³-hybridized carbons (Fsp3) is 0.611. The van der Waals surface area contributed by atoms with Gasteiger partial charge in [-0.15, -0.1) is 0 Å². The maximum atomic E-state index is 6.11. The van der Waals surface area contributed by atoms with E-state index in [1.54, 1.807) is 0 Å². The second-order valence-electron chi connectivity index (χ2n) is 6.93. The van der Waals surface area contributed by atoms with Gasteiger partial charge in [0.25, 0.3) is 0 Å². The third-order valence-corrected chi connectivity index (χ3v) is 4.83. The van der Waals surface area contributed by atoms with Crippen molar-refractivity contribution in [1.29, 1.82) is 0 Å². The molecule has 0 saturated carbocycles. The summed E-state index contributed by atoms with van der Waals surface area (Å²) in [5.41, 5.74) is 1.41. The number of anilines is 1. The van der Waals surface area contributed by atoms with Crippen LogP contribution in [0.1, 0.15) is 13.8 Å². The molecular formula is C18H27ClN4O. The van der Waals surface area contributed by atoms with Crippen LogP contribution in [0.15, 0.2) is 29.3 Å². The average molecular weight is 351 g/mol. The topological polar surface area (TPSA) is 40.1 Å². The van der Waals surface area contributed by atoms with E-state index in [1.807, 2.05) is 18.2 Å². The van der Waals surface area contributed by atoms with Crippen molar-refractivity contribution in [2.24, 2.45) is 10.4 Å². The zero-order chi connectivity index (χ0) is 17.0. The second kappa shape index (κ2) is 7.62. The molecule has 0 amide bonds. The molecule has 2 heterocycles. The van der Waals surface area contributed by atoms with E-state index >= 15 is 0 Å². The summed E-state index contributed by atoms with van der Waals surface area (Å²) < 4.78 is 5.33. The highest BCUT2D eigenvalue weighted by Crippen LogP contribution is 2.26. The molecule has 2 aliphatic rings. The number of aliphatic imine (C=N–C) groups is 1. The Kier molecular flexibility index (Phi) is 5.51. The summed E-state index contributed by atoms with van der Waals surface area (Å²) in [6.45, 7) is 11.6. The van der Waals surface area contributed by atoms with Crippen LogP contribution in [0.2, 0.25) is 5.02 Å². The largest absolute Gasteiger partial charge is 0.380 e. The molecule has 0 atom stereocenters. The van der Waals surface area contributed by atoms with Crippen LogP contribution >= 0.6 is 11.6 Å². The van der Waals surface area contributed by atoms with Gasteiger partial charge in [-0.2, -0.15) is 0 Å². The van der Waals surface area contributed by atoms with E-state index in [1.165, 1.54) is 5.69 Å². The molecule has 0 bridgehead atoms. The Morgan fingerprint density at radius 1 is 1.29 bits per heavy atom. The first-order chi connectivity index (χ1) is 11.6. The highest BCUT2D eigenvalue weighted by Gasteiger charge is 2.33. The van der Waals surface area contributed by atoms with E-state index in [-0.39, 0.29) is 5.41 Å². The summed E-state index contributed by atoms with van der Waals surface area (Å²) >= 11 is 6.11. The van der Waals surface area contributed by atoms with E-state index < -0.39 is 0 Å². The first kappa shape index (κ1) is 17.4. The first-order valence-electron chi connectivity index (χ1n) is 8.71. The molecule has 3 rings (SSSR count). The lowest BCUT2D eigenvalue weighted by Crippen LogP contribution is -2.53. The Morgan fingerprint density at radius 2 is 2.04 bits per heavy atom. The maximum absolute atomic E-state index is 6.11. The van der Waals surface area contributed by atoms with Crippen LogP contribution in [-0.2, 0) is 4.74 Å². The van der Waals surface area contributed by atoms with Crippen LogP contribution in [0.25, 0.3) is 0 Å². The number of hydrogen-bond acceptors (Lipinski definition) is 3. The number of rotatable bonds is 4. The molecule has 0 radical (unpaired) electrons. The lowest BCUT2D eigenvalue weighted by molar-refractivity contribution is -0.0946. The first-order valence-corrected chi connectivity index (χ1v) is 9.09. The summed E-state index contributed by atoms with van der Waals surface area (Å²) in [7, 11) is 0. The van der Waals surface area contributed by atoms with Crippen molar-refractivity contribution in [1.82, 2.24) is 10.2 Å². The number of guanidine groups is 1.